The van der Waals surface area contributed by atoms with Crippen molar-refractivity contribution in [2.75, 3.05) is 13.1 Å². The van der Waals surface area contributed by atoms with Crippen LogP contribution in [0.5, 0.6) is 0 Å². The number of nitrogens with zero attached hydrogens (tertiary/aromatic N) is 1. The van der Waals surface area contributed by atoms with Crippen LogP contribution in [0, 0.1) is 23.2 Å². The van der Waals surface area contributed by atoms with Gasteiger partial charge in [0.1, 0.15) is 12.2 Å². The Kier molecular flexibility index (Phi) is 5.17. The van der Waals surface area contributed by atoms with Gasteiger partial charge in [-0.15, -0.1) is 0 Å². The number of likely N-dealkylation sites (tertiary alicyclic amines) is 1. The fraction of sp³-hybridized carbons (Fsp3) is 0.778. The summed E-state index contributed by atoms with van der Waals surface area (Å²) in [6.07, 6.45) is 10.9. The molecule has 0 radical (unpaired) electrons. The van der Waals surface area contributed by atoms with Crippen LogP contribution in [0.15, 0.2) is 23.8 Å². The molecule has 33 heavy (non-hydrogen) atoms. The van der Waals surface area contributed by atoms with Crippen molar-refractivity contribution < 1.29 is 24.2 Å². The molecule has 2 heterocycles. The van der Waals surface area contributed by atoms with Crippen LogP contribution >= 0.6 is 0 Å². The van der Waals surface area contributed by atoms with Crippen LogP contribution in [-0.4, -0.2) is 64.8 Å². The van der Waals surface area contributed by atoms with Gasteiger partial charge in [0.25, 0.3) is 0 Å². The monoisotopic (exact) mass is 455 g/mol. The Hall–Kier alpha value is -1.50. The summed E-state index contributed by atoms with van der Waals surface area (Å²) in [7, 11) is 0. The van der Waals surface area contributed by atoms with Crippen molar-refractivity contribution in [3.05, 3.63) is 23.8 Å². The van der Waals surface area contributed by atoms with Gasteiger partial charge >= 0.3 is 5.97 Å². The molecule has 2 aliphatic heterocycles. The highest BCUT2D eigenvalue weighted by atomic mass is 16.6. The summed E-state index contributed by atoms with van der Waals surface area (Å²) in [5, 5.41) is 12.4. The summed E-state index contributed by atoms with van der Waals surface area (Å²) < 4.78 is 12.4. The molecule has 2 bridgehead atoms. The quantitative estimate of drug-likeness (QED) is 0.390. The maximum Gasteiger partial charge on any atom is 0.331 e. The lowest BCUT2D eigenvalue weighted by Crippen LogP contribution is -2.77. The number of hydrogen-bond acceptors (Lipinski definition) is 6. The minimum atomic E-state index is -0.885. The van der Waals surface area contributed by atoms with Crippen LogP contribution in [0.25, 0.3) is 0 Å². The van der Waals surface area contributed by atoms with E-state index in [1.54, 1.807) is 6.08 Å². The number of piperidine rings is 1. The van der Waals surface area contributed by atoms with E-state index in [1.807, 2.05) is 19.9 Å². The molecule has 6 aliphatic rings. The Labute approximate surface area is 196 Å². The van der Waals surface area contributed by atoms with E-state index in [0.29, 0.717) is 18.8 Å². The number of rotatable bonds is 5. The van der Waals surface area contributed by atoms with Gasteiger partial charge in [-0.1, -0.05) is 17.7 Å². The van der Waals surface area contributed by atoms with Crippen LogP contribution < -0.4 is 0 Å². The first-order valence-corrected chi connectivity index (χ1v) is 13.0. The molecule has 4 aliphatic carbocycles. The van der Waals surface area contributed by atoms with Gasteiger partial charge in [-0.3, -0.25) is 9.69 Å². The second-order valence-electron chi connectivity index (χ2n) is 11.8. The molecule has 6 nitrogen and oxygen atoms in total. The summed E-state index contributed by atoms with van der Waals surface area (Å²) in [6, 6.07) is 0.122. The lowest BCUT2D eigenvalue weighted by molar-refractivity contribution is -0.251. The van der Waals surface area contributed by atoms with Gasteiger partial charge < -0.3 is 14.6 Å². The smallest absolute Gasteiger partial charge is 0.331 e. The van der Waals surface area contributed by atoms with Gasteiger partial charge in [0.2, 0.25) is 0 Å². The van der Waals surface area contributed by atoms with Gasteiger partial charge in [-0.05, 0) is 77.2 Å². The van der Waals surface area contributed by atoms with Crippen molar-refractivity contribution in [3.8, 4) is 0 Å². The van der Waals surface area contributed by atoms with E-state index >= 15 is 0 Å². The van der Waals surface area contributed by atoms with E-state index in [0.717, 1.165) is 50.3 Å². The molecule has 0 aromatic rings. The lowest BCUT2D eigenvalue weighted by Gasteiger charge is -2.67. The Morgan fingerprint density at radius 1 is 1.24 bits per heavy atom. The molecular formula is C27H37NO5. The summed E-state index contributed by atoms with van der Waals surface area (Å²) >= 11 is 0. The standard InChI is InChI=1S/C27H37NO5/c1-16(2)4-3-5-22(30)32-20-9-8-18-14-21-27(31)11-10-19(29)25-26(27,23(18)24(20)33-25)12-13-28(21)15-17-6-7-17/h3-5,17-18,20-21,23-25,31H,6-15H2,1-2H3/b5-3+/t18?,20?,21-,23?,24?,25+,26+,27-/m1/s1. The average molecular weight is 456 g/mol. The van der Waals surface area contributed by atoms with E-state index in [9.17, 15) is 14.7 Å². The molecule has 2 saturated heterocycles. The molecule has 4 unspecified atom stereocenters. The van der Waals surface area contributed by atoms with Crippen LogP contribution in [0.4, 0.5) is 0 Å². The maximum atomic E-state index is 13.2. The molecule has 1 spiro atoms. The molecule has 6 rings (SSSR count). The Morgan fingerprint density at radius 2 is 2.06 bits per heavy atom. The Balaban J connectivity index is 1.30. The van der Waals surface area contributed by atoms with Gasteiger partial charge in [-0.2, -0.15) is 0 Å². The summed E-state index contributed by atoms with van der Waals surface area (Å²) in [6.45, 7) is 5.98. The number of ether oxygens (including phenoxy) is 2. The fourth-order valence-electron chi connectivity index (χ4n) is 8.27. The number of Topliss-reactive ketones (excluding diaryl/α,β-unsaturated/α-hetero) is 1. The third kappa shape index (κ3) is 3.24. The van der Waals surface area contributed by atoms with E-state index in [1.165, 1.54) is 18.9 Å². The third-order valence-electron chi connectivity index (χ3n) is 9.71. The zero-order chi connectivity index (χ0) is 23.0. The molecular weight excluding hydrogens is 418 g/mol. The SMILES string of the molecule is CC(C)=C/C=C/C(=O)OC1CCC2C[C@H]3N(CC4CC4)CC[C@]45C2C1O[C@H]4C(=O)CC[C@@]35O. The highest BCUT2D eigenvalue weighted by Gasteiger charge is 2.78. The van der Waals surface area contributed by atoms with Crippen molar-refractivity contribution in [2.24, 2.45) is 23.2 Å². The van der Waals surface area contributed by atoms with E-state index in [4.69, 9.17) is 9.47 Å². The molecule has 6 fully saturated rings. The highest BCUT2D eigenvalue weighted by molar-refractivity contribution is 5.86. The average Bonchev–Trinajstić information content (AvgIpc) is 3.50. The maximum absolute atomic E-state index is 13.2. The first-order chi connectivity index (χ1) is 15.8. The van der Waals surface area contributed by atoms with Gasteiger partial charge in [0, 0.05) is 36.4 Å². The van der Waals surface area contributed by atoms with Crippen molar-refractivity contribution in [1.29, 1.82) is 0 Å². The van der Waals surface area contributed by atoms with Crippen LogP contribution in [0.2, 0.25) is 0 Å². The lowest BCUT2D eigenvalue weighted by atomic mass is 9.42. The first kappa shape index (κ1) is 22.0. The first-order valence-electron chi connectivity index (χ1n) is 13.0. The van der Waals surface area contributed by atoms with Crippen molar-refractivity contribution >= 4 is 11.8 Å². The highest BCUT2D eigenvalue weighted by Crippen LogP contribution is 2.69. The van der Waals surface area contributed by atoms with E-state index < -0.39 is 17.1 Å². The summed E-state index contributed by atoms with van der Waals surface area (Å²) in [5.41, 5.74) is -0.294. The predicted molar refractivity (Wildman–Crippen MR) is 122 cm³/mol. The van der Waals surface area contributed by atoms with Gasteiger partial charge in [0.15, 0.2) is 5.78 Å². The second kappa shape index (κ2) is 7.76. The zero-order valence-electron chi connectivity index (χ0n) is 19.9. The normalized spacial score (nSPS) is 46.2. The second-order valence-corrected chi connectivity index (χ2v) is 11.8. The number of ketones is 1. The molecule has 1 N–H and O–H groups in total. The summed E-state index contributed by atoms with van der Waals surface area (Å²) in [4.78, 5) is 28.2. The van der Waals surface area contributed by atoms with Crippen LogP contribution in [0.3, 0.4) is 0 Å². The van der Waals surface area contributed by atoms with Gasteiger partial charge in [0.05, 0.1) is 11.7 Å². The van der Waals surface area contributed by atoms with E-state index in [2.05, 4.69) is 4.90 Å². The third-order valence-corrected chi connectivity index (χ3v) is 9.71. The van der Waals surface area contributed by atoms with E-state index in [-0.39, 0.29) is 35.9 Å². The largest absolute Gasteiger partial charge is 0.456 e. The fourth-order valence-corrected chi connectivity index (χ4v) is 8.27. The minimum Gasteiger partial charge on any atom is -0.456 e. The summed E-state index contributed by atoms with van der Waals surface area (Å²) in [5.74, 6) is 1.06. The minimum absolute atomic E-state index is 0.0874. The number of carbonyl (C=O) groups is 2. The Morgan fingerprint density at radius 3 is 2.82 bits per heavy atom. The van der Waals surface area contributed by atoms with Gasteiger partial charge in [-0.25, -0.2) is 4.79 Å². The number of aliphatic hydroxyl groups is 1. The Bertz CT molecular complexity index is 904. The molecule has 0 aromatic heterocycles. The van der Waals surface area contributed by atoms with Crippen LogP contribution in [0.1, 0.15) is 65.2 Å². The molecule has 0 amide bonds. The molecule has 4 saturated carbocycles. The molecule has 180 valence electrons. The van der Waals surface area contributed by atoms with Crippen LogP contribution in [-0.2, 0) is 19.1 Å². The predicted octanol–water partition coefficient (Wildman–Crippen LogP) is 3.18. The molecule has 0 aromatic carbocycles. The van der Waals surface area contributed by atoms with Crippen molar-refractivity contribution in [3.63, 3.8) is 0 Å². The number of hydrogen-bond donors (Lipinski definition) is 1. The molecule has 8 atom stereocenters. The van der Waals surface area contributed by atoms with Crippen molar-refractivity contribution in [2.45, 2.75) is 95.2 Å². The topological polar surface area (TPSA) is 76.1 Å². The zero-order valence-corrected chi connectivity index (χ0v) is 19.9. The number of carbonyl (C=O) groups excluding carboxylic acids is 2. The number of allylic oxidation sites excluding steroid dienone is 3. The van der Waals surface area contributed by atoms with Crippen molar-refractivity contribution in [1.82, 2.24) is 4.90 Å². The number of esters is 1. The molecule has 6 heteroatoms.